The Bertz CT molecular complexity index is 596. The quantitative estimate of drug-likeness (QED) is 0.853. The first kappa shape index (κ1) is 13.2. The first-order chi connectivity index (χ1) is 9.74. The van der Waals surface area contributed by atoms with Gasteiger partial charge in [0.2, 0.25) is 0 Å². The summed E-state index contributed by atoms with van der Waals surface area (Å²) in [6.45, 7) is 3.63. The molecule has 5 heteroatoms. The van der Waals surface area contributed by atoms with Gasteiger partial charge in [-0.3, -0.25) is 4.79 Å². The molecule has 0 radical (unpaired) electrons. The van der Waals surface area contributed by atoms with Crippen LogP contribution in [0.2, 0.25) is 0 Å². The summed E-state index contributed by atoms with van der Waals surface area (Å²) >= 11 is 1.57. The number of aromatic nitrogens is 2. The third-order valence-electron chi connectivity index (χ3n) is 3.68. The number of hydrogen-bond acceptors (Lipinski definition) is 4. The van der Waals surface area contributed by atoms with Crippen LogP contribution in [0.4, 0.5) is 0 Å². The molecule has 0 aliphatic carbocycles. The Balaban J connectivity index is 1.74. The smallest absolute Gasteiger partial charge is 0.263 e. The Morgan fingerprint density at radius 1 is 1.40 bits per heavy atom. The highest BCUT2D eigenvalue weighted by molar-refractivity contribution is 7.13. The lowest BCUT2D eigenvalue weighted by Crippen LogP contribution is -2.39. The molecule has 104 valence electrons. The van der Waals surface area contributed by atoms with E-state index in [0.717, 1.165) is 36.5 Å². The Hall–Kier alpha value is -1.75. The number of aryl methyl sites for hydroxylation is 1. The predicted molar refractivity (Wildman–Crippen MR) is 79.0 cm³/mol. The van der Waals surface area contributed by atoms with Gasteiger partial charge in [-0.15, -0.1) is 11.3 Å². The highest BCUT2D eigenvalue weighted by Gasteiger charge is 2.26. The minimum Gasteiger partial charge on any atom is -0.337 e. The van der Waals surface area contributed by atoms with Gasteiger partial charge in [0.05, 0.1) is 4.88 Å². The van der Waals surface area contributed by atoms with Gasteiger partial charge < -0.3 is 4.90 Å². The number of thiophene rings is 1. The molecule has 2 aromatic rings. The van der Waals surface area contributed by atoms with Crippen LogP contribution in [0.1, 0.15) is 39.0 Å². The van der Waals surface area contributed by atoms with Crippen LogP contribution in [0.3, 0.4) is 0 Å². The number of carbonyl (C=O) groups excluding carboxylic acids is 1. The van der Waals surface area contributed by atoms with Crippen molar-refractivity contribution in [3.8, 4) is 0 Å². The van der Waals surface area contributed by atoms with Crippen molar-refractivity contribution < 1.29 is 4.79 Å². The van der Waals surface area contributed by atoms with Gasteiger partial charge in [-0.1, -0.05) is 0 Å². The summed E-state index contributed by atoms with van der Waals surface area (Å²) in [6, 6.07) is 5.88. The van der Waals surface area contributed by atoms with Gasteiger partial charge in [0, 0.05) is 35.8 Å². The predicted octanol–water partition coefficient (Wildman–Crippen LogP) is 2.87. The molecule has 3 rings (SSSR count). The molecule has 0 unspecified atom stereocenters. The lowest BCUT2D eigenvalue weighted by atomic mass is 9.94. The fourth-order valence-electron chi connectivity index (χ4n) is 2.65. The summed E-state index contributed by atoms with van der Waals surface area (Å²) in [4.78, 5) is 24.8. The van der Waals surface area contributed by atoms with Crippen LogP contribution < -0.4 is 0 Å². The van der Waals surface area contributed by atoms with E-state index in [-0.39, 0.29) is 5.91 Å². The zero-order valence-electron chi connectivity index (χ0n) is 11.5. The fourth-order valence-corrected chi connectivity index (χ4v) is 3.49. The maximum Gasteiger partial charge on any atom is 0.263 e. The average Bonchev–Trinajstić information content (AvgIpc) is 2.94. The van der Waals surface area contributed by atoms with Crippen LogP contribution in [0.25, 0.3) is 0 Å². The lowest BCUT2D eigenvalue weighted by Gasteiger charge is -2.32. The van der Waals surface area contributed by atoms with Crippen LogP contribution in [0, 0.1) is 6.92 Å². The van der Waals surface area contributed by atoms with E-state index in [0.29, 0.717) is 5.92 Å². The van der Waals surface area contributed by atoms with Gasteiger partial charge in [0.1, 0.15) is 6.33 Å². The Morgan fingerprint density at radius 2 is 2.30 bits per heavy atom. The zero-order chi connectivity index (χ0) is 13.9. The van der Waals surface area contributed by atoms with E-state index in [1.807, 2.05) is 30.0 Å². The number of rotatable bonds is 2. The van der Waals surface area contributed by atoms with Gasteiger partial charge in [-0.25, -0.2) is 9.97 Å². The standard InChI is InChI=1S/C15H17N3OS/c1-11-4-5-14(20-11)15(19)18-8-2-3-12(9-18)13-6-7-16-10-17-13/h4-7,10,12H,2-3,8-9H2,1H3/t12-/m0/s1. The molecule has 2 aromatic heterocycles. The fraction of sp³-hybridized carbons (Fsp3) is 0.400. The van der Waals surface area contributed by atoms with E-state index in [1.54, 1.807) is 23.9 Å². The summed E-state index contributed by atoms with van der Waals surface area (Å²) in [5.74, 6) is 0.485. The Kier molecular flexibility index (Phi) is 3.78. The molecular formula is C15H17N3OS. The zero-order valence-corrected chi connectivity index (χ0v) is 12.3. The molecule has 1 aliphatic heterocycles. The normalized spacial score (nSPS) is 19.1. The number of piperidine rings is 1. The van der Waals surface area contributed by atoms with Gasteiger partial charge in [0.15, 0.2) is 0 Å². The number of likely N-dealkylation sites (tertiary alicyclic amines) is 1. The van der Waals surface area contributed by atoms with Crippen LogP contribution in [0.15, 0.2) is 30.7 Å². The first-order valence-corrected chi connectivity index (χ1v) is 7.67. The molecule has 0 spiro atoms. The summed E-state index contributed by atoms with van der Waals surface area (Å²) in [5.41, 5.74) is 1.04. The molecule has 1 amide bonds. The molecule has 1 atom stereocenters. The second-order valence-corrected chi connectivity index (χ2v) is 6.42. The van der Waals surface area contributed by atoms with Gasteiger partial charge >= 0.3 is 0 Å². The minimum absolute atomic E-state index is 0.154. The van der Waals surface area contributed by atoms with Crippen molar-refractivity contribution in [2.75, 3.05) is 13.1 Å². The number of nitrogens with zero attached hydrogens (tertiary/aromatic N) is 3. The highest BCUT2D eigenvalue weighted by Crippen LogP contribution is 2.27. The van der Waals surface area contributed by atoms with E-state index < -0.39 is 0 Å². The van der Waals surface area contributed by atoms with Crippen LogP contribution >= 0.6 is 11.3 Å². The maximum atomic E-state index is 12.5. The van der Waals surface area contributed by atoms with Crippen molar-refractivity contribution in [1.29, 1.82) is 0 Å². The van der Waals surface area contributed by atoms with Gasteiger partial charge in [-0.2, -0.15) is 0 Å². The average molecular weight is 287 g/mol. The molecule has 1 saturated heterocycles. The number of hydrogen-bond donors (Lipinski definition) is 0. The molecular weight excluding hydrogens is 270 g/mol. The summed E-state index contributed by atoms with van der Waals surface area (Å²) < 4.78 is 0. The molecule has 4 nitrogen and oxygen atoms in total. The third-order valence-corrected chi connectivity index (χ3v) is 4.67. The van der Waals surface area contributed by atoms with E-state index in [2.05, 4.69) is 9.97 Å². The van der Waals surface area contributed by atoms with Crippen LogP contribution in [-0.2, 0) is 0 Å². The second-order valence-electron chi connectivity index (χ2n) is 5.13. The van der Waals surface area contributed by atoms with Gasteiger partial charge in [0.25, 0.3) is 5.91 Å². The molecule has 3 heterocycles. The van der Waals surface area contributed by atoms with E-state index >= 15 is 0 Å². The topological polar surface area (TPSA) is 46.1 Å². The highest BCUT2D eigenvalue weighted by atomic mass is 32.1. The van der Waals surface area contributed by atoms with Crippen molar-refractivity contribution in [3.63, 3.8) is 0 Å². The number of amides is 1. The third kappa shape index (κ3) is 2.72. The van der Waals surface area contributed by atoms with Crippen molar-refractivity contribution >= 4 is 17.2 Å². The Morgan fingerprint density at radius 3 is 3.00 bits per heavy atom. The molecule has 1 fully saturated rings. The van der Waals surface area contributed by atoms with E-state index in [1.165, 1.54) is 4.88 Å². The lowest BCUT2D eigenvalue weighted by molar-refractivity contribution is 0.0711. The molecule has 0 N–H and O–H groups in total. The molecule has 1 aliphatic rings. The number of carbonyl (C=O) groups is 1. The minimum atomic E-state index is 0.154. The Labute approximate surface area is 122 Å². The second kappa shape index (κ2) is 5.71. The maximum absolute atomic E-state index is 12.5. The summed E-state index contributed by atoms with van der Waals surface area (Å²) in [6.07, 6.45) is 5.47. The molecule has 20 heavy (non-hydrogen) atoms. The van der Waals surface area contributed by atoms with Crippen LogP contribution in [-0.4, -0.2) is 33.9 Å². The van der Waals surface area contributed by atoms with E-state index in [9.17, 15) is 4.79 Å². The van der Waals surface area contributed by atoms with Gasteiger partial charge in [-0.05, 0) is 38.0 Å². The van der Waals surface area contributed by atoms with Crippen molar-refractivity contribution in [1.82, 2.24) is 14.9 Å². The van der Waals surface area contributed by atoms with Crippen LogP contribution in [0.5, 0.6) is 0 Å². The first-order valence-electron chi connectivity index (χ1n) is 6.85. The molecule has 0 saturated carbocycles. The molecule has 0 bridgehead atoms. The molecule has 0 aromatic carbocycles. The van der Waals surface area contributed by atoms with Crippen molar-refractivity contribution in [3.05, 3.63) is 46.2 Å². The summed E-state index contributed by atoms with van der Waals surface area (Å²) in [7, 11) is 0. The van der Waals surface area contributed by atoms with E-state index in [4.69, 9.17) is 0 Å². The van der Waals surface area contributed by atoms with Crippen molar-refractivity contribution in [2.45, 2.75) is 25.7 Å². The van der Waals surface area contributed by atoms with Crippen molar-refractivity contribution in [2.24, 2.45) is 0 Å². The largest absolute Gasteiger partial charge is 0.337 e. The monoisotopic (exact) mass is 287 g/mol. The SMILES string of the molecule is Cc1ccc(C(=O)N2CCC[C@H](c3ccncn3)C2)s1. The summed E-state index contributed by atoms with van der Waals surface area (Å²) in [5, 5.41) is 0.